The summed E-state index contributed by atoms with van der Waals surface area (Å²) in [6.45, 7) is 2.76. The van der Waals surface area contributed by atoms with Gasteiger partial charge in [0, 0.05) is 58.7 Å². The van der Waals surface area contributed by atoms with Crippen molar-refractivity contribution in [1.82, 2.24) is 9.13 Å². The van der Waals surface area contributed by atoms with Gasteiger partial charge in [-0.25, -0.2) is 4.79 Å². The molecule has 0 bridgehead atoms. The predicted molar refractivity (Wildman–Crippen MR) is 180 cm³/mol. The molecule has 0 radical (unpaired) electrons. The number of methoxy groups -OCH3 is 1. The van der Waals surface area contributed by atoms with Gasteiger partial charge in [-0.2, -0.15) is 0 Å². The fourth-order valence-electron chi connectivity index (χ4n) is 6.32. The van der Waals surface area contributed by atoms with Crippen LogP contribution < -0.4 is 11.2 Å². The Morgan fingerprint density at radius 1 is 0.944 bits per heavy atom. The van der Waals surface area contributed by atoms with Gasteiger partial charge in [0.05, 0.1) is 6.61 Å². The first-order valence-electron chi connectivity index (χ1n) is 16.6. The largest absolute Gasteiger partial charge is 0.494 e. The van der Waals surface area contributed by atoms with Crippen molar-refractivity contribution in [3.05, 3.63) is 72.7 Å². The molecule has 1 aromatic heterocycles. The fourth-order valence-corrected chi connectivity index (χ4v) is 6.32. The predicted octanol–water partition coefficient (Wildman–Crippen LogP) is 0.278. The van der Waals surface area contributed by atoms with E-state index in [-0.39, 0.29) is 6.61 Å². The quantitative estimate of drug-likeness (QED) is 0.0805. The Hall–Kier alpha value is -5.15. The van der Waals surface area contributed by atoms with E-state index in [1.54, 1.807) is 24.3 Å². The van der Waals surface area contributed by atoms with Gasteiger partial charge in [0.2, 0.25) is 5.88 Å². The first kappa shape index (κ1) is 40.0. The molecule has 3 aliphatic heterocycles. The van der Waals surface area contributed by atoms with Crippen LogP contribution in [-0.4, -0.2) is 120 Å². The summed E-state index contributed by atoms with van der Waals surface area (Å²) >= 11 is 0. The zero-order chi connectivity index (χ0) is 39.3. The van der Waals surface area contributed by atoms with E-state index in [1.807, 2.05) is 6.07 Å². The number of aliphatic imine (C=N–C) groups is 1. The molecular weight excluding hydrogens is 720 g/mol. The number of esters is 3. The second-order valence-electron chi connectivity index (χ2n) is 12.5. The molecule has 292 valence electrons. The van der Waals surface area contributed by atoms with Gasteiger partial charge in [0.25, 0.3) is 5.56 Å². The molecular formula is C33H40N6O15. The summed E-state index contributed by atoms with van der Waals surface area (Å²) in [7, 11) is 3.73. The number of hydrogen-bond acceptors (Lipinski definition) is 17. The van der Waals surface area contributed by atoms with Crippen molar-refractivity contribution in [3.63, 3.8) is 0 Å². The molecule has 3 aliphatic rings. The minimum atomic E-state index is -1.66. The van der Waals surface area contributed by atoms with E-state index in [0.29, 0.717) is 5.56 Å². The first-order chi connectivity index (χ1) is 25.7. The molecule has 54 heavy (non-hydrogen) atoms. The van der Waals surface area contributed by atoms with Gasteiger partial charge in [-0.05, 0) is 5.53 Å². The number of carbonyl (C=O) groups excluding carboxylic acids is 3. The van der Waals surface area contributed by atoms with E-state index in [9.17, 15) is 34.6 Å². The lowest BCUT2D eigenvalue weighted by molar-refractivity contribution is -0.366. The number of hydrogen-bond donors (Lipinski definition) is 1. The third kappa shape index (κ3) is 8.63. The Bertz CT molecular complexity index is 1900. The summed E-state index contributed by atoms with van der Waals surface area (Å²) in [5.41, 5.74) is 8.08. The smallest absolute Gasteiger partial charge is 0.333 e. The van der Waals surface area contributed by atoms with Crippen molar-refractivity contribution < 1.29 is 62.1 Å². The van der Waals surface area contributed by atoms with E-state index >= 15 is 0 Å². The molecule has 5 rings (SSSR count). The van der Waals surface area contributed by atoms with Gasteiger partial charge >= 0.3 is 23.6 Å². The average Bonchev–Trinajstić information content (AvgIpc) is 3.14. The summed E-state index contributed by atoms with van der Waals surface area (Å²) in [5.74, 6) is -3.15. The lowest BCUT2D eigenvalue weighted by Gasteiger charge is -2.50. The molecule has 3 saturated heterocycles. The SMILES string of the molecule is CO[C@@H]1O[C@@H]2CO[C@@H](c3ccccc3)O[C@H]2[C@H](O[C@@H]2O[C@H](COC(C)=O)[C@@H](OC(C)=O)[C@H](OC(C)=O)[C@H]2N=Cc2c(O)n(C)c(=O)n(C)c2=O)[C@H]1N=[N+]=[N-]. The van der Waals surface area contributed by atoms with Crippen LogP contribution in [0.2, 0.25) is 0 Å². The Kier molecular flexibility index (Phi) is 12.9. The van der Waals surface area contributed by atoms with Crippen molar-refractivity contribution in [2.24, 2.45) is 24.2 Å². The first-order valence-corrected chi connectivity index (χ1v) is 16.6. The molecule has 1 N–H and O–H groups in total. The van der Waals surface area contributed by atoms with Crippen LogP contribution in [0.4, 0.5) is 0 Å². The second kappa shape index (κ2) is 17.3. The number of fused-ring (bicyclic) bond motifs is 1. The van der Waals surface area contributed by atoms with Gasteiger partial charge in [-0.3, -0.25) is 33.3 Å². The van der Waals surface area contributed by atoms with Crippen LogP contribution in [0.5, 0.6) is 5.88 Å². The molecule has 3 fully saturated rings. The van der Waals surface area contributed by atoms with Crippen LogP contribution in [0.3, 0.4) is 0 Å². The maximum absolute atomic E-state index is 13.1. The van der Waals surface area contributed by atoms with Crippen LogP contribution in [-0.2, 0) is 71.1 Å². The standard InChI is InChI=1S/C33H40N6O15/c1-15(40)47-13-20-24(49-16(2)41)26(50-17(3)42)22(35-12-19-28(43)38(4)33(45)39(5)29(19)44)32(52-20)54-27-23(36-37-34)31(46-6)51-21-14-48-30(53-25(21)27)18-10-8-7-9-11-18/h7-12,20-27,30-32,43H,13-14H2,1-6H3/t20-,21-,22-,23-,24-,25-,26-,27-,30-,31-,32+/m1/s1. The van der Waals surface area contributed by atoms with Gasteiger partial charge in [0.1, 0.15) is 48.7 Å². The van der Waals surface area contributed by atoms with Crippen molar-refractivity contribution in [3.8, 4) is 5.88 Å². The van der Waals surface area contributed by atoms with E-state index in [0.717, 1.165) is 36.1 Å². The lowest BCUT2D eigenvalue weighted by Crippen LogP contribution is -2.66. The van der Waals surface area contributed by atoms with Gasteiger partial charge in [-0.1, -0.05) is 35.4 Å². The molecule has 0 aliphatic carbocycles. The Labute approximate surface area is 306 Å². The van der Waals surface area contributed by atoms with Gasteiger partial charge in [0.15, 0.2) is 31.1 Å². The summed E-state index contributed by atoms with van der Waals surface area (Å²) in [5, 5.41) is 14.7. The van der Waals surface area contributed by atoms with Crippen LogP contribution in [0, 0.1) is 0 Å². The van der Waals surface area contributed by atoms with E-state index in [4.69, 9.17) is 42.6 Å². The topological polar surface area (TPSA) is 260 Å². The molecule has 1 aromatic carbocycles. The van der Waals surface area contributed by atoms with Crippen LogP contribution >= 0.6 is 0 Å². The third-order valence-corrected chi connectivity index (χ3v) is 8.80. The summed E-state index contributed by atoms with van der Waals surface area (Å²) in [6.07, 6.45) is -10.4. The molecule has 4 heterocycles. The van der Waals surface area contributed by atoms with Crippen LogP contribution in [0.1, 0.15) is 38.2 Å². The molecule has 2 aromatic rings. The zero-order valence-corrected chi connectivity index (χ0v) is 30.1. The highest BCUT2D eigenvalue weighted by molar-refractivity contribution is 5.82. The average molecular weight is 761 g/mol. The van der Waals surface area contributed by atoms with Crippen LogP contribution in [0.25, 0.3) is 10.4 Å². The van der Waals surface area contributed by atoms with E-state index < -0.39 is 115 Å². The van der Waals surface area contributed by atoms with Crippen molar-refractivity contribution in [2.75, 3.05) is 20.3 Å². The highest BCUT2D eigenvalue weighted by atomic mass is 16.8. The summed E-state index contributed by atoms with van der Waals surface area (Å²) < 4.78 is 54.8. The molecule has 21 nitrogen and oxygen atoms in total. The Morgan fingerprint density at radius 2 is 1.63 bits per heavy atom. The number of azide groups is 1. The number of aromatic nitrogens is 2. The molecule has 0 saturated carbocycles. The minimum absolute atomic E-state index is 0.0188. The third-order valence-electron chi connectivity index (χ3n) is 8.80. The number of rotatable bonds is 11. The number of ether oxygens (including phenoxy) is 9. The van der Waals surface area contributed by atoms with Gasteiger partial charge < -0.3 is 47.7 Å². The minimum Gasteiger partial charge on any atom is -0.494 e. The maximum atomic E-state index is 13.1. The van der Waals surface area contributed by atoms with Crippen LogP contribution in [0.15, 0.2) is 50.0 Å². The summed E-state index contributed by atoms with van der Waals surface area (Å²) in [6, 6.07) is 6.15. The molecule has 0 amide bonds. The second-order valence-corrected chi connectivity index (χ2v) is 12.5. The molecule has 0 unspecified atom stereocenters. The van der Waals surface area contributed by atoms with Crippen molar-refractivity contribution >= 4 is 24.1 Å². The van der Waals surface area contributed by atoms with Gasteiger partial charge in [-0.15, -0.1) is 0 Å². The highest BCUT2D eigenvalue weighted by Gasteiger charge is 2.56. The van der Waals surface area contributed by atoms with E-state index in [2.05, 4.69) is 15.0 Å². The Morgan fingerprint density at radius 3 is 2.26 bits per heavy atom. The lowest BCUT2D eigenvalue weighted by atomic mass is 9.94. The monoisotopic (exact) mass is 760 g/mol. The summed E-state index contributed by atoms with van der Waals surface area (Å²) in [4.78, 5) is 69.9. The normalized spacial score (nSPS) is 30.8. The van der Waals surface area contributed by atoms with E-state index in [1.165, 1.54) is 21.2 Å². The number of carbonyl (C=O) groups is 3. The van der Waals surface area contributed by atoms with Crippen molar-refractivity contribution in [1.29, 1.82) is 0 Å². The number of benzene rings is 1. The van der Waals surface area contributed by atoms with Crippen molar-refractivity contribution in [2.45, 2.75) is 88.3 Å². The number of aromatic hydroxyl groups is 1. The Balaban J connectivity index is 1.65. The number of nitrogens with zero attached hydrogens (tertiary/aromatic N) is 6. The zero-order valence-electron chi connectivity index (χ0n) is 30.1. The fraction of sp³-hybridized carbons (Fsp3) is 0.576. The maximum Gasteiger partial charge on any atom is 0.333 e. The molecule has 0 spiro atoms. The molecule has 11 atom stereocenters. The molecule has 21 heteroatoms. The highest BCUT2D eigenvalue weighted by Crippen LogP contribution is 2.39.